The Balaban J connectivity index is 2.36. The average Bonchev–Trinajstić information content (AvgIpc) is 2.34. The smallest absolute Gasteiger partial charge is 0.348 e. The molecule has 106 valence electrons. The van der Waals surface area contributed by atoms with E-state index >= 15 is 0 Å². The lowest BCUT2D eigenvalue weighted by atomic mass is 10.1. The molecular formula is C14H14O6. The number of benzene rings is 1. The minimum atomic E-state index is -1.28. The molecule has 0 radical (unpaired) electrons. The van der Waals surface area contributed by atoms with Crippen LogP contribution in [0.5, 0.6) is 11.5 Å². The van der Waals surface area contributed by atoms with E-state index in [2.05, 4.69) is 0 Å². The number of cyclic esters (lactones) is 2. The van der Waals surface area contributed by atoms with Gasteiger partial charge in [-0.15, -0.1) is 0 Å². The van der Waals surface area contributed by atoms with Crippen LogP contribution in [0.1, 0.15) is 19.4 Å². The maximum atomic E-state index is 11.8. The van der Waals surface area contributed by atoms with Crippen molar-refractivity contribution in [1.82, 2.24) is 0 Å². The van der Waals surface area contributed by atoms with E-state index in [0.717, 1.165) is 0 Å². The standard InChI is InChI=1S/C14H14O6/c1-14(2)19-12(16)10(13(17)20-14)6-8-4-5-9(18-3)7-11(8)15/h4-7,15H,1-3H3. The molecule has 0 amide bonds. The number of rotatable bonds is 2. The molecule has 1 heterocycles. The summed E-state index contributed by atoms with van der Waals surface area (Å²) < 4.78 is 14.9. The Morgan fingerprint density at radius 3 is 2.30 bits per heavy atom. The van der Waals surface area contributed by atoms with Gasteiger partial charge in [-0.1, -0.05) is 0 Å². The fraction of sp³-hybridized carbons (Fsp3) is 0.286. The lowest BCUT2D eigenvalue weighted by molar-refractivity contribution is -0.222. The second-order valence-corrected chi connectivity index (χ2v) is 4.66. The molecule has 1 aliphatic heterocycles. The molecule has 6 heteroatoms. The minimum absolute atomic E-state index is 0.123. The summed E-state index contributed by atoms with van der Waals surface area (Å²) in [4.78, 5) is 23.5. The minimum Gasteiger partial charge on any atom is -0.507 e. The molecule has 0 spiro atoms. The SMILES string of the molecule is COc1ccc(C=C2C(=O)OC(C)(C)OC2=O)c(O)c1. The van der Waals surface area contributed by atoms with Crippen molar-refractivity contribution in [1.29, 1.82) is 0 Å². The van der Waals surface area contributed by atoms with Gasteiger partial charge in [0.2, 0.25) is 0 Å². The molecule has 1 N–H and O–H groups in total. The number of methoxy groups -OCH3 is 1. The number of hydrogen-bond donors (Lipinski definition) is 1. The first-order chi connectivity index (χ1) is 9.32. The van der Waals surface area contributed by atoms with Crippen molar-refractivity contribution in [3.8, 4) is 11.5 Å². The van der Waals surface area contributed by atoms with Crippen molar-refractivity contribution in [2.24, 2.45) is 0 Å². The predicted molar refractivity (Wildman–Crippen MR) is 68.9 cm³/mol. The Kier molecular flexibility index (Phi) is 3.40. The molecule has 1 saturated heterocycles. The number of hydrogen-bond acceptors (Lipinski definition) is 6. The van der Waals surface area contributed by atoms with Gasteiger partial charge >= 0.3 is 11.9 Å². The third-order valence-corrected chi connectivity index (χ3v) is 2.65. The predicted octanol–water partition coefficient (Wildman–Crippen LogP) is 1.62. The van der Waals surface area contributed by atoms with Crippen molar-refractivity contribution in [3.05, 3.63) is 29.3 Å². The van der Waals surface area contributed by atoms with E-state index in [9.17, 15) is 14.7 Å². The summed E-state index contributed by atoms with van der Waals surface area (Å²) in [5, 5.41) is 9.80. The summed E-state index contributed by atoms with van der Waals surface area (Å²) in [7, 11) is 1.46. The van der Waals surface area contributed by atoms with Gasteiger partial charge in [0.25, 0.3) is 5.79 Å². The number of aromatic hydroxyl groups is 1. The van der Waals surface area contributed by atoms with Crippen molar-refractivity contribution in [3.63, 3.8) is 0 Å². The van der Waals surface area contributed by atoms with Crippen molar-refractivity contribution in [2.75, 3.05) is 7.11 Å². The highest BCUT2D eigenvalue weighted by atomic mass is 16.7. The first-order valence-electron chi connectivity index (χ1n) is 5.88. The van der Waals surface area contributed by atoms with Gasteiger partial charge in [-0.25, -0.2) is 9.59 Å². The van der Waals surface area contributed by atoms with E-state index < -0.39 is 17.7 Å². The van der Waals surface area contributed by atoms with E-state index in [1.807, 2.05) is 0 Å². The fourth-order valence-electron chi connectivity index (χ4n) is 1.71. The second-order valence-electron chi connectivity index (χ2n) is 4.66. The highest BCUT2D eigenvalue weighted by molar-refractivity contribution is 6.19. The number of esters is 2. The van der Waals surface area contributed by atoms with Gasteiger partial charge in [0.1, 0.15) is 17.1 Å². The second kappa shape index (κ2) is 4.88. The maximum Gasteiger partial charge on any atom is 0.348 e. The van der Waals surface area contributed by atoms with E-state index in [0.29, 0.717) is 5.75 Å². The first-order valence-corrected chi connectivity index (χ1v) is 5.88. The lowest BCUT2D eigenvalue weighted by Crippen LogP contribution is -2.41. The summed E-state index contributed by atoms with van der Waals surface area (Å²) in [5.74, 6) is -2.53. The zero-order valence-electron chi connectivity index (χ0n) is 11.3. The highest BCUT2D eigenvalue weighted by Gasteiger charge is 2.38. The van der Waals surface area contributed by atoms with E-state index in [1.54, 1.807) is 6.07 Å². The van der Waals surface area contributed by atoms with Gasteiger partial charge in [-0.05, 0) is 18.2 Å². The number of carbonyl (C=O) groups excluding carboxylic acids is 2. The molecule has 20 heavy (non-hydrogen) atoms. The largest absolute Gasteiger partial charge is 0.507 e. The number of phenols is 1. The van der Waals surface area contributed by atoms with E-state index in [1.165, 1.54) is 39.2 Å². The van der Waals surface area contributed by atoms with Crippen molar-refractivity contribution < 1.29 is 28.9 Å². The Morgan fingerprint density at radius 1 is 1.20 bits per heavy atom. The lowest BCUT2D eigenvalue weighted by Gasteiger charge is -2.29. The van der Waals surface area contributed by atoms with Crippen LogP contribution in [-0.2, 0) is 19.1 Å². The zero-order chi connectivity index (χ0) is 14.9. The first kappa shape index (κ1) is 13.9. The molecule has 0 unspecified atom stereocenters. The van der Waals surface area contributed by atoms with Crippen molar-refractivity contribution >= 4 is 18.0 Å². The normalized spacial score (nSPS) is 17.2. The van der Waals surface area contributed by atoms with Crippen molar-refractivity contribution in [2.45, 2.75) is 19.6 Å². The zero-order valence-corrected chi connectivity index (χ0v) is 11.3. The van der Waals surface area contributed by atoms with Crippen LogP contribution >= 0.6 is 0 Å². The molecule has 1 aliphatic rings. The van der Waals surface area contributed by atoms with Gasteiger partial charge in [-0.2, -0.15) is 0 Å². The highest BCUT2D eigenvalue weighted by Crippen LogP contribution is 2.28. The monoisotopic (exact) mass is 278 g/mol. The molecule has 0 aromatic heterocycles. The molecule has 2 rings (SSSR count). The molecule has 0 aliphatic carbocycles. The van der Waals surface area contributed by atoms with Crippen LogP contribution in [0, 0.1) is 0 Å². The third kappa shape index (κ3) is 2.74. The van der Waals surface area contributed by atoms with Crippen LogP contribution in [0.2, 0.25) is 0 Å². The summed E-state index contributed by atoms with van der Waals surface area (Å²) in [6, 6.07) is 4.48. The summed E-state index contributed by atoms with van der Waals surface area (Å²) in [5.41, 5.74) is 0.0131. The quantitative estimate of drug-likeness (QED) is 0.503. The molecule has 1 aromatic rings. The Bertz CT molecular complexity index is 578. The molecule has 1 fully saturated rings. The average molecular weight is 278 g/mol. The van der Waals surface area contributed by atoms with Gasteiger partial charge in [0.05, 0.1) is 7.11 Å². The van der Waals surface area contributed by atoms with Gasteiger partial charge in [-0.3, -0.25) is 0 Å². The number of ether oxygens (including phenoxy) is 3. The van der Waals surface area contributed by atoms with Gasteiger partial charge in [0.15, 0.2) is 0 Å². The number of phenolic OH excluding ortho intramolecular Hbond substituents is 1. The molecule has 0 atom stereocenters. The van der Waals surface area contributed by atoms with Crippen LogP contribution in [-0.4, -0.2) is 29.9 Å². The summed E-state index contributed by atoms with van der Waals surface area (Å²) in [6.07, 6.45) is 1.22. The van der Waals surface area contributed by atoms with E-state index in [-0.39, 0.29) is 16.9 Å². The molecule has 0 saturated carbocycles. The van der Waals surface area contributed by atoms with Crippen LogP contribution in [0.25, 0.3) is 6.08 Å². The Hall–Kier alpha value is -2.50. The Morgan fingerprint density at radius 2 is 1.80 bits per heavy atom. The molecule has 6 nitrogen and oxygen atoms in total. The Labute approximate surface area is 115 Å². The third-order valence-electron chi connectivity index (χ3n) is 2.65. The fourth-order valence-corrected chi connectivity index (χ4v) is 1.71. The van der Waals surface area contributed by atoms with E-state index in [4.69, 9.17) is 14.2 Å². The van der Waals surface area contributed by atoms with Crippen LogP contribution in [0.3, 0.4) is 0 Å². The van der Waals surface area contributed by atoms with Gasteiger partial charge < -0.3 is 19.3 Å². The van der Waals surface area contributed by atoms with Crippen LogP contribution < -0.4 is 4.74 Å². The molecular weight excluding hydrogens is 264 g/mol. The maximum absolute atomic E-state index is 11.8. The number of carbonyl (C=O) groups is 2. The van der Waals surface area contributed by atoms with Gasteiger partial charge in [0, 0.05) is 25.5 Å². The topological polar surface area (TPSA) is 82.1 Å². The summed E-state index contributed by atoms with van der Waals surface area (Å²) in [6.45, 7) is 2.93. The van der Waals surface area contributed by atoms with Crippen LogP contribution in [0.4, 0.5) is 0 Å². The summed E-state index contributed by atoms with van der Waals surface area (Å²) >= 11 is 0. The molecule has 0 bridgehead atoms. The van der Waals surface area contributed by atoms with Crippen LogP contribution in [0.15, 0.2) is 23.8 Å². The molecule has 1 aromatic carbocycles.